The Morgan fingerprint density at radius 1 is 1.71 bits per heavy atom. The van der Waals surface area contributed by atoms with Gasteiger partial charge in [0.15, 0.2) is 0 Å². The van der Waals surface area contributed by atoms with Crippen LogP contribution in [-0.4, -0.2) is 29.8 Å². The highest BCUT2D eigenvalue weighted by Crippen LogP contribution is 1.92. The lowest BCUT2D eigenvalue weighted by Crippen LogP contribution is -2.40. The second kappa shape index (κ2) is 6.54. The van der Waals surface area contributed by atoms with Gasteiger partial charge >= 0.3 is 12.1 Å². The van der Waals surface area contributed by atoms with Gasteiger partial charge in [0.25, 0.3) is 0 Å². The Labute approximate surface area is 81.7 Å². The van der Waals surface area contributed by atoms with E-state index < -0.39 is 18.1 Å². The van der Waals surface area contributed by atoms with Crippen LogP contribution in [-0.2, 0) is 9.53 Å². The number of rotatable bonds is 5. The monoisotopic (exact) mass is 197 g/mol. The number of alkyl carbamates (subject to hydrolysis) is 1. The molecule has 0 spiro atoms. The number of ether oxygens (including phenoxy) is 1. The largest absolute Gasteiger partial charge is 0.480 e. The average molecular weight is 197 g/mol. The molecular weight excluding hydrogens is 186 g/mol. The minimum atomic E-state index is -1.20. The van der Waals surface area contributed by atoms with E-state index in [2.05, 4.69) is 22.6 Å². The fraction of sp³-hybridized carbons (Fsp3) is 0.333. The van der Waals surface area contributed by atoms with Crippen LogP contribution in [0.4, 0.5) is 4.79 Å². The number of hydrogen-bond donors (Lipinski definition) is 2. The van der Waals surface area contributed by atoms with Crippen LogP contribution in [0.25, 0.3) is 0 Å². The minimum absolute atomic E-state index is 0.0220. The molecule has 0 aromatic rings. The number of amides is 1. The van der Waals surface area contributed by atoms with Crippen LogP contribution in [0.1, 0.15) is 6.42 Å². The first-order chi connectivity index (χ1) is 6.61. The molecule has 0 aliphatic heterocycles. The highest BCUT2D eigenvalue weighted by atomic mass is 16.5. The van der Waals surface area contributed by atoms with Gasteiger partial charge in [-0.2, -0.15) is 0 Å². The van der Waals surface area contributed by atoms with Gasteiger partial charge in [-0.15, -0.1) is 12.3 Å². The molecule has 0 aromatic carbocycles. The maximum atomic E-state index is 10.9. The number of hydrogen-bond acceptors (Lipinski definition) is 3. The second-order valence-electron chi connectivity index (χ2n) is 2.33. The Kier molecular flexibility index (Phi) is 5.63. The number of carboxylic acids is 1. The number of aliphatic carboxylic acids is 1. The van der Waals surface area contributed by atoms with Crippen molar-refractivity contribution in [3.05, 3.63) is 12.7 Å². The second-order valence-corrected chi connectivity index (χ2v) is 2.33. The fourth-order valence-electron chi connectivity index (χ4n) is 0.636. The predicted octanol–water partition coefficient (Wildman–Crippen LogP) is 0.375. The average Bonchev–Trinajstić information content (AvgIpc) is 2.14. The van der Waals surface area contributed by atoms with E-state index in [0.717, 1.165) is 0 Å². The molecule has 1 atom stereocenters. The molecule has 0 aliphatic carbocycles. The molecule has 2 N–H and O–H groups in total. The van der Waals surface area contributed by atoms with E-state index in [0.29, 0.717) is 0 Å². The van der Waals surface area contributed by atoms with Crippen LogP contribution in [0.3, 0.4) is 0 Å². The quantitative estimate of drug-likeness (QED) is 0.493. The van der Waals surface area contributed by atoms with Crippen LogP contribution in [0.15, 0.2) is 12.7 Å². The first-order valence-electron chi connectivity index (χ1n) is 3.82. The van der Waals surface area contributed by atoms with E-state index in [9.17, 15) is 9.59 Å². The van der Waals surface area contributed by atoms with Crippen LogP contribution in [0.2, 0.25) is 0 Å². The van der Waals surface area contributed by atoms with Gasteiger partial charge < -0.3 is 15.2 Å². The number of nitrogens with one attached hydrogen (secondary N) is 1. The molecule has 14 heavy (non-hydrogen) atoms. The molecule has 0 rings (SSSR count). The molecule has 5 nitrogen and oxygen atoms in total. The van der Waals surface area contributed by atoms with Crippen LogP contribution >= 0.6 is 0 Å². The molecule has 0 aliphatic rings. The third-order valence-electron chi connectivity index (χ3n) is 1.24. The maximum Gasteiger partial charge on any atom is 0.408 e. The summed E-state index contributed by atoms with van der Waals surface area (Å²) in [6.45, 7) is 3.35. The van der Waals surface area contributed by atoms with Crippen molar-refractivity contribution in [2.45, 2.75) is 12.5 Å². The summed E-state index contributed by atoms with van der Waals surface area (Å²) >= 11 is 0. The van der Waals surface area contributed by atoms with Gasteiger partial charge in [0.1, 0.15) is 12.6 Å². The summed E-state index contributed by atoms with van der Waals surface area (Å²) < 4.78 is 4.52. The van der Waals surface area contributed by atoms with Crippen molar-refractivity contribution in [2.75, 3.05) is 6.61 Å². The zero-order valence-corrected chi connectivity index (χ0v) is 7.53. The van der Waals surface area contributed by atoms with Crippen LogP contribution in [0, 0.1) is 12.3 Å². The molecule has 1 amide bonds. The van der Waals surface area contributed by atoms with Gasteiger partial charge in [-0.3, -0.25) is 0 Å². The Hall–Kier alpha value is -1.96. The number of carbonyl (C=O) groups is 2. The van der Waals surface area contributed by atoms with Crippen molar-refractivity contribution in [2.24, 2.45) is 0 Å². The number of carbonyl (C=O) groups excluding carboxylic acids is 1. The van der Waals surface area contributed by atoms with E-state index >= 15 is 0 Å². The van der Waals surface area contributed by atoms with Gasteiger partial charge in [-0.1, -0.05) is 12.7 Å². The van der Waals surface area contributed by atoms with Crippen molar-refractivity contribution < 1.29 is 19.4 Å². The summed E-state index contributed by atoms with van der Waals surface area (Å²) in [7, 11) is 0. The van der Waals surface area contributed by atoms with Crippen LogP contribution < -0.4 is 5.32 Å². The lowest BCUT2D eigenvalue weighted by Gasteiger charge is -2.10. The van der Waals surface area contributed by atoms with E-state index in [-0.39, 0.29) is 13.0 Å². The van der Waals surface area contributed by atoms with Crippen LogP contribution in [0.5, 0.6) is 0 Å². The number of terminal acetylenes is 1. The molecule has 0 radical (unpaired) electrons. The highest BCUT2D eigenvalue weighted by molar-refractivity contribution is 5.80. The predicted molar refractivity (Wildman–Crippen MR) is 49.6 cm³/mol. The summed E-state index contributed by atoms with van der Waals surface area (Å²) in [4.78, 5) is 21.4. The Balaban J connectivity index is 4.03. The summed E-state index contributed by atoms with van der Waals surface area (Å²) in [5.74, 6) is 0.943. The smallest absolute Gasteiger partial charge is 0.408 e. The Morgan fingerprint density at radius 3 is 2.79 bits per heavy atom. The first kappa shape index (κ1) is 12.0. The molecule has 0 aromatic heterocycles. The van der Waals surface area contributed by atoms with Crippen molar-refractivity contribution >= 4 is 12.1 Å². The Morgan fingerprint density at radius 2 is 2.36 bits per heavy atom. The normalized spacial score (nSPS) is 10.8. The standard InChI is InChI=1S/C9H11NO4/c1-3-5-7(8(11)12)10-9(13)14-6-4-2/h1,4,7H,2,5-6H2,(H,10,13)(H,11,12)/t7-/m1/s1. The molecule has 5 heteroatoms. The molecule has 0 fully saturated rings. The van der Waals surface area contributed by atoms with E-state index in [1.165, 1.54) is 6.08 Å². The highest BCUT2D eigenvalue weighted by Gasteiger charge is 2.18. The molecule has 0 heterocycles. The SMILES string of the molecule is C#CC[C@@H](NC(=O)OCC=C)C(=O)O. The van der Waals surface area contributed by atoms with Gasteiger partial charge in [0, 0.05) is 6.42 Å². The van der Waals surface area contributed by atoms with Gasteiger partial charge in [-0.25, -0.2) is 9.59 Å². The molecule has 76 valence electrons. The van der Waals surface area contributed by atoms with Gasteiger partial charge in [0.2, 0.25) is 0 Å². The van der Waals surface area contributed by atoms with Crippen molar-refractivity contribution in [1.29, 1.82) is 0 Å². The lowest BCUT2D eigenvalue weighted by atomic mass is 10.2. The number of carboxylic acid groups (broad SMARTS) is 1. The van der Waals surface area contributed by atoms with E-state index in [4.69, 9.17) is 11.5 Å². The fourth-order valence-corrected chi connectivity index (χ4v) is 0.636. The summed E-state index contributed by atoms with van der Waals surface area (Å²) in [6, 6.07) is -1.11. The molecular formula is C9H11NO4. The van der Waals surface area contributed by atoms with Crippen molar-refractivity contribution in [3.8, 4) is 12.3 Å². The third kappa shape index (κ3) is 4.83. The molecule has 0 saturated heterocycles. The third-order valence-corrected chi connectivity index (χ3v) is 1.24. The molecule has 0 bridgehead atoms. The lowest BCUT2D eigenvalue weighted by molar-refractivity contribution is -0.139. The minimum Gasteiger partial charge on any atom is -0.480 e. The summed E-state index contributed by atoms with van der Waals surface area (Å²) in [5.41, 5.74) is 0. The zero-order chi connectivity index (χ0) is 11.0. The molecule has 0 saturated carbocycles. The first-order valence-corrected chi connectivity index (χ1v) is 3.82. The van der Waals surface area contributed by atoms with Gasteiger partial charge in [-0.05, 0) is 0 Å². The summed E-state index contributed by atoms with van der Waals surface area (Å²) in [5, 5.41) is 10.7. The van der Waals surface area contributed by atoms with Crippen molar-refractivity contribution in [1.82, 2.24) is 5.32 Å². The summed E-state index contributed by atoms with van der Waals surface area (Å²) in [6.07, 6.45) is 5.38. The van der Waals surface area contributed by atoms with Crippen molar-refractivity contribution in [3.63, 3.8) is 0 Å². The maximum absolute atomic E-state index is 10.9. The van der Waals surface area contributed by atoms with E-state index in [1.807, 2.05) is 0 Å². The van der Waals surface area contributed by atoms with Gasteiger partial charge in [0.05, 0.1) is 0 Å². The Bertz CT molecular complexity index is 266. The molecule has 0 unspecified atom stereocenters. The zero-order valence-electron chi connectivity index (χ0n) is 7.53. The topological polar surface area (TPSA) is 75.6 Å². The van der Waals surface area contributed by atoms with E-state index in [1.54, 1.807) is 0 Å².